The molecule has 2 N–H and O–H groups in total. The number of carbonyl (C=O) groups excluding carboxylic acids is 1. The number of hydrogen-bond donors (Lipinski definition) is 2. The molecule has 3 rings (SSSR count). The van der Waals surface area contributed by atoms with Gasteiger partial charge >= 0.3 is 0 Å². The molecule has 1 aliphatic heterocycles. The van der Waals surface area contributed by atoms with Gasteiger partial charge in [-0.15, -0.1) is 11.3 Å². The van der Waals surface area contributed by atoms with Crippen LogP contribution in [0.4, 0.5) is 5.13 Å². The second-order valence-corrected chi connectivity index (χ2v) is 9.68. The van der Waals surface area contributed by atoms with Gasteiger partial charge in [0, 0.05) is 44.2 Å². The quantitative estimate of drug-likeness (QED) is 0.680. The average molecular weight is 423 g/mol. The fourth-order valence-electron chi connectivity index (χ4n) is 3.29. The van der Waals surface area contributed by atoms with Gasteiger partial charge in [-0.25, -0.2) is 18.1 Å². The molecule has 0 saturated carbocycles. The number of rotatable bonds is 8. The first-order valence-corrected chi connectivity index (χ1v) is 11.8. The maximum Gasteiger partial charge on any atom is 0.240 e. The van der Waals surface area contributed by atoms with Crippen LogP contribution in [0.5, 0.6) is 0 Å². The lowest BCUT2D eigenvalue weighted by Crippen LogP contribution is -2.41. The Kier molecular flexibility index (Phi) is 7.03. The summed E-state index contributed by atoms with van der Waals surface area (Å²) in [6.45, 7) is 4.41. The highest BCUT2D eigenvalue weighted by atomic mass is 32.2. The van der Waals surface area contributed by atoms with Gasteiger partial charge in [0.15, 0.2) is 5.13 Å². The van der Waals surface area contributed by atoms with E-state index in [2.05, 4.69) is 19.9 Å². The number of nitrogens with zero attached hydrogens (tertiary/aromatic N) is 2. The first-order valence-electron chi connectivity index (χ1n) is 9.41. The van der Waals surface area contributed by atoms with Crippen molar-refractivity contribution in [3.63, 3.8) is 0 Å². The molecule has 0 unspecified atom stereocenters. The lowest BCUT2D eigenvalue weighted by Gasteiger charge is -2.32. The molecule has 1 atom stereocenters. The first-order chi connectivity index (χ1) is 13.4. The topological polar surface area (TPSA) is 91.4 Å². The molecule has 1 saturated heterocycles. The number of aryl methyl sites for hydroxylation is 1. The Labute approximate surface area is 170 Å². The standard InChI is InChI=1S/C19H26N4O3S2/c1-15-4-2-6-17(12-15)28(25,26)22-8-7-18(24)21-13-16-5-3-10-23(14-16)19-20-9-11-27-19/h2,4,6,9,11-12,16,22H,3,5,7-8,10,13-14H2,1H3,(H,21,24)/t16-/m1/s1. The predicted molar refractivity (Wildman–Crippen MR) is 111 cm³/mol. The van der Waals surface area contributed by atoms with Crippen LogP contribution in [0.3, 0.4) is 0 Å². The molecule has 0 radical (unpaired) electrons. The lowest BCUT2D eigenvalue weighted by molar-refractivity contribution is -0.121. The zero-order valence-electron chi connectivity index (χ0n) is 15.9. The predicted octanol–water partition coefficient (Wildman–Crippen LogP) is 2.15. The smallest absolute Gasteiger partial charge is 0.240 e. The van der Waals surface area contributed by atoms with Crippen LogP contribution in [0, 0.1) is 12.8 Å². The van der Waals surface area contributed by atoms with Crippen molar-refractivity contribution in [2.75, 3.05) is 31.1 Å². The Bertz CT molecular complexity index is 884. The van der Waals surface area contributed by atoms with Crippen LogP contribution in [0.15, 0.2) is 40.7 Å². The van der Waals surface area contributed by atoms with Crippen molar-refractivity contribution in [2.45, 2.75) is 31.1 Å². The molecule has 0 bridgehead atoms. The Morgan fingerprint density at radius 3 is 3.00 bits per heavy atom. The van der Waals surface area contributed by atoms with Crippen molar-refractivity contribution in [3.05, 3.63) is 41.4 Å². The minimum absolute atomic E-state index is 0.0814. The minimum atomic E-state index is -3.59. The Morgan fingerprint density at radius 2 is 2.25 bits per heavy atom. The van der Waals surface area contributed by atoms with Crippen molar-refractivity contribution < 1.29 is 13.2 Å². The summed E-state index contributed by atoms with van der Waals surface area (Å²) in [5, 5.41) is 5.94. The maximum absolute atomic E-state index is 12.3. The second kappa shape index (κ2) is 9.49. The van der Waals surface area contributed by atoms with Crippen molar-refractivity contribution in [1.29, 1.82) is 0 Å². The van der Waals surface area contributed by atoms with Gasteiger partial charge in [-0.05, 0) is 43.4 Å². The van der Waals surface area contributed by atoms with E-state index in [1.807, 2.05) is 24.6 Å². The third-order valence-corrected chi connectivity index (χ3v) is 7.03. The third-order valence-electron chi connectivity index (χ3n) is 4.74. The van der Waals surface area contributed by atoms with E-state index in [9.17, 15) is 13.2 Å². The lowest BCUT2D eigenvalue weighted by atomic mass is 9.98. The third kappa shape index (κ3) is 5.76. The number of sulfonamides is 1. The van der Waals surface area contributed by atoms with Crippen LogP contribution in [0.2, 0.25) is 0 Å². The van der Waals surface area contributed by atoms with Crippen LogP contribution in [-0.2, 0) is 14.8 Å². The van der Waals surface area contributed by atoms with Gasteiger partial charge in [0.05, 0.1) is 4.90 Å². The summed E-state index contributed by atoms with van der Waals surface area (Å²) in [5.74, 6) is 0.240. The highest BCUT2D eigenvalue weighted by Gasteiger charge is 2.22. The Hall–Kier alpha value is -1.97. The molecule has 2 aromatic rings. The van der Waals surface area contributed by atoms with Crippen molar-refractivity contribution >= 4 is 32.4 Å². The Morgan fingerprint density at radius 1 is 1.39 bits per heavy atom. The number of nitrogens with one attached hydrogen (secondary N) is 2. The normalized spacial score (nSPS) is 17.5. The number of thiazole rings is 1. The molecule has 1 aromatic heterocycles. The fourth-order valence-corrected chi connectivity index (χ4v) is 5.11. The van der Waals surface area contributed by atoms with Crippen molar-refractivity contribution in [1.82, 2.24) is 15.0 Å². The molecule has 1 amide bonds. The summed E-state index contributed by atoms with van der Waals surface area (Å²) in [6.07, 6.45) is 4.08. The fraction of sp³-hybridized carbons (Fsp3) is 0.474. The van der Waals surface area contributed by atoms with E-state index < -0.39 is 10.0 Å². The average Bonchev–Trinajstić information content (AvgIpc) is 3.21. The highest BCUT2D eigenvalue weighted by molar-refractivity contribution is 7.89. The number of hydrogen-bond acceptors (Lipinski definition) is 6. The first kappa shape index (κ1) is 20.8. The summed E-state index contributed by atoms with van der Waals surface area (Å²) in [5.41, 5.74) is 0.875. The number of anilines is 1. The molecule has 1 aromatic carbocycles. The van der Waals surface area contributed by atoms with Crippen LogP contribution in [-0.4, -0.2) is 45.5 Å². The van der Waals surface area contributed by atoms with E-state index in [1.165, 1.54) is 0 Å². The molecule has 0 spiro atoms. The molecule has 2 heterocycles. The van der Waals surface area contributed by atoms with Crippen LogP contribution >= 0.6 is 11.3 Å². The molecule has 7 nitrogen and oxygen atoms in total. The maximum atomic E-state index is 12.3. The summed E-state index contributed by atoms with van der Waals surface area (Å²) in [6, 6.07) is 6.70. The van der Waals surface area contributed by atoms with Crippen LogP contribution in [0.25, 0.3) is 0 Å². The summed E-state index contributed by atoms with van der Waals surface area (Å²) in [7, 11) is -3.59. The van der Waals surface area contributed by atoms with Gasteiger partial charge in [0.25, 0.3) is 0 Å². The highest BCUT2D eigenvalue weighted by Crippen LogP contribution is 2.24. The molecule has 0 aliphatic carbocycles. The van der Waals surface area contributed by atoms with Gasteiger partial charge in [0.2, 0.25) is 15.9 Å². The largest absolute Gasteiger partial charge is 0.356 e. The number of benzene rings is 1. The molecule has 152 valence electrons. The van der Waals surface area contributed by atoms with Crippen LogP contribution in [0.1, 0.15) is 24.8 Å². The van der Waals surface area contributed by atoms with Crippen molar-refractivity contribution in [2.24, 2.45) is 5.92 Å². The molecule has 1 fully saturated rings. The van der Waals surface area contributed by atoms with Gasteiger partial charge in [-0.1, -0.05) is 12.1 Å². The number of amides is 1. The van der Waals surface area contributed by atoms with E-state index in [0.717, 1.165) is 36.6 Å². The van der Waals surface area contributed by atoms with Gasteiger partial charge < -0.3 is 10.2 Å². The monoisotopic (exact) mass is 422 g/mol. The molecule has 28 heavy (non-hydrogen) atoms. The summed E-state index contributed by atoms with van der Waals surface area (Å²) >= 11 is 1.63. The molecule has 9 heteroatoms. The molecular formula is C19H26N4O3S2. The SMILES string of the molecule is Cc1cccc(S(=O)(=O)NCCC(=O)NC[C@H]2CCCN(c3nccs3)C2)c1. The zero-order valence-corrected chi connectivity index (χ0v) is 17.6. The van der Waals surface area contributed by atoms with Gasteiger partial charge in [0.1, 0.15) is 0 Å². The summed E-state index contributed by atoms with van der Waals surface area (Å²) < 4.78 is 27.0. The van der Waals surface area contributed by atoms with E-state index in [1.54, 1.807) is 29.5 Å². The van der Waals surface area contributed by atoms with Gasteiger partial charge in [-0.3, -0.25) is 4.79 Å². The van der Waals surface area contributed by atoms with E-state index in [4.69, 9.17) is 0 Å². The summed E-state index contributed by atoms with van der Waals surface area (Å²) in [4.78, 5) is 18.9. The van der Waals surface area contributed by atoms with E-state index >= 15 is 0 Å². The number of piperidine rings is 1. The van der Waals surface area contributed by atoms with Crippen LogP contribution < -0.4 is 14.9 Å². The Balaban J connectivity index is 1.40. The zero-order chi connectivity index (χ0) is 20.0. The van der Waals surface area contributed by atoms with E-state index in [-0.39, 0.29) is 23.8 Å². The minimum Gasteiger partial charge on any atom is -0.356 e. The van der Waals surface area contributed by atoms with E-state index in [0.29, 0.717) is 12.5 Å². The van der Waals surface area contributed by atoms with Crippen molar-refractivity contribution in [3.8, 4) is 0 Å². The second-order valence-electron chi connectivity index (χ2n) is 7.04. The number of carbonyl (C=O) groups is 1. The van der Waals surface area contributed by atoms with Gasteiger partial charge in [-0.2, -0.15) is 0 Å². The molecule has 1 aliphatic rings. The number of aromatic nitrogens is 1. The molecular weight excluding hydrogens is 396 g/mol.